The third-order valence-electron chi connectivity index (χ3n) is 2.97. The van der Waals surface area contributed by atoms with Crippen molar-refractivity contribution in [2.45, 2.75) is 19.4 Å². The van der Waals surface area contributed by atoms with E-state index in [4.69, 9.17) is 0 Å². The first-order chi connectivity index (χ1) is 9.20. The van der Waals surface area contributed by atoms with E-state index in [-0.39, 0.29) is 0 Å². The van der Waals surface area contributed by atoms with Gasteiger partial charge in [-0.25, -0.2) is 0 Å². The maximum atomic E-state index is 4.07. The fraction of sp³-hybridized carbons (Fsp3) is 0.267. The summed E-state index contributed by atoms with van der Waals surface area (Å²) in [7, 11) is 0. The molecule has 0 bridgehead atoms. The van der Waals surface area contributed by atoms with Gasteiger partial charge in [0.2, 0.25) is 0 Å². The van der Waals surface area contributed by atoms with Crippen LogP contribution in [0.4, 0.5) is 0 Å². The van der Waals surface area contributed by atoms with Crippen LogP contribution >= 0.6 is 31.9 Å². The molecular formula is C15H16Br2N2. The summed E-state index contributed by atoms with van der Waals surface area (Å²) in [6.45, 7) is 3.07. The van der Waals surface area contributed by atoms with Gasteiger partial charge in [-0.3, -0.25) is 4.98 Å². The molecule has 19 heavy (non-hydrogen) atoms. The number of aromatic nitrogens is 1. The minimum Gasteiger partial charge on any atom is -0.310 e. The molecule has 0 aliphatic carbocycles. The van der Waals surface area contributed by atoms with Crippen LogP contribution in [0.15, 0.2) is 51.7 Å². The van der Waals surface area contributed by atoms with Crippen LogP contribution in [0.3, 0.4) is 0 Å². The van der Waals surface area contributed by atoms with E-state index in [0.29, 0.717) is 6.04 Å². The van der Waals surface area contributed by atoms with Crippen molar-refractivity contribution in [2.75, 3.05) is 6.54 Å². The van der Waals surface area contributed by atoms with Crippen LogP contribution < -0.4 is 5.32 Å². The molecule has 1 N–H and O–H groups in total. The predicted octanol–water partition coefficient (Wildman–Crippen LogP) is 4.50. The fourth-order valence-corrected chi connectivity index (χ4v) is 2.98. The van der Waals surface area contributed by atoms with Gasteiger partial charge in [-0.05, 0) is 54.4 Å². The number of halogens is 2. The zero-order valence-corrected chi connectivity index (χ0v) is 13.9. The van der Waals surface area contributed by atoms with Crippen LogP contribution in [0, 0.1) is 0 Å². The quantitative estimate of drug-likeness (QED) is 0.822. The lowest BCUT2D eigenvalue weighted by Crippen LogP contribution is -2.23. The summed E-state index contributed by atoms with van der Waals surface area (Å²) in [5.41, 5.74) is 2.56. The van der Waals surface area contributed by atoms with Gasteiger partial charge in [0.1, 0.15) is 0 Å². The minimum absolute atomic E-state index is 0.291. The van der Waals surface area contributed by atoms with Crippen molar-refractivity contribution in [3.8, 4) is 0 Å². The first kappa shape index (κ1) is 14.7. The highest BCUT2D eigenvalue weighted by Crippen LogP contribution is 2.29. The van der Waals surface area contributed by atoms with Crippen LogP contribution in [0.2, 0.25) is 0 Å². The molecule has 0 aliphatic heterocycles. The van der Waals surface area contributed by atoms with Crippen LogP contribution in [0.1, 0.15) is 24.1 Å². The fourth-order valence-electron chi connectivity index (χ4n) is 2.07. The average molecular weight is 384 g/mol. The van der Waals surface area contributed by atoms with E-state index in [1.54, 1.807) is 0 Å². The molecule has 0 fully saturated rings. The van der Waals surface area contributed by atoms with E-state index in [2.05, 4.69) is 73.3 Å². The van der Waals surface area contributed by atoms with Gasteiger partial charge in [-0.2, -0.15) is 0 Å². The number of nitrogens with one attached hydrogen (secondary N) is 1. The van der Waals surface area contributed by atoms with E-state index in [1.807, 2.05) is 18.5 Å². The summed E-state index contributed by atoms with van der Waals surface area (Å²) in [6, 6.07) is 10.7. The molecule has 1 heterocycles. The van der Waals surface area contributed by atoms with E-state index < -0.39 is 0 Å². The topological polar surface area (TPSA) is 24.9 Å². The van der Waals surface area contributed by atoms with Gasteiger partial charge in [0.15, 0.2) is 0 Å². The first-order valence-electron chi connectivity index (χ1n) is 6.28. The Morgan fingerprint density at radius 3 is 2.58 bits per heavy atom. The third-order valence-corrected chi connectivity index (χ3v) is 4.19. The molecule has 0 radical (unpaired) electrons. The molecule has 0 saturated carbocycles. The van der Waals surface area contributed by atoms with Crippen LogP contribution in [0.5, 0.6) is 0 Å². The Morgan fingerprint density at radius 1 is 1.16 bits per heavy atom. The molecule has 0 aliphatic rings. The third kappa shape index (κ3) is 4.13. The highest BCUT2D eigenvalue weighted by atomic mass is 79.9. The lowest BCUT2D eigenvalue weighted by molar-refractivity contribution is 0.547. The number of rotatable bonds is 5. The molecule has 2 rings (SSSR count). The molecule has 1 aromatic carbocycles. The zero-order chi connectivity index (χ0) is 13.7. The highest BCUT2D eigenvalue weighted by Gasteiger charge is 2.14. The Balaban J connectivity index is 2.27. The second kappa shape index (κ2) is 7.17. The van der Waals surface area contributed by atoms with Crippen LogP contribution in [-0.4, -0.2) is 11.5 Å². The maximum Gasteiger partial charge on any atom is 0.0372 e. The lowest BCUT2D eigenvalue weighted by Gasteiger charge is -2.20. The second-order valence-electron chi connectivity index (χ2n) is 4.34. The van der Waals surface area contributed by atoms with Gasteiger partial charge in [0.25, 0.3) is 0 Å². The van der Waals surface area contributed by atoms with Crippen LogP contribution in [0.25, 0.3) is 0 Å². The largest absolute Gasteiger partial charge is 0.310 e. The van der Waals surface area contributed by atoms with Gasteiger partial charge in [-0.15, -0.1) is 0 Å². The lowest BCUT2D eigenvalue weighted by atomic mass is 9.99. The number of nitrogens with zero attached hydrogens (tertiary/aromatic N) is 1. The van der Waals surface area contributed by atoms with Crippen molar-refractivity contribution in [3.05, 3.63) is 62.8 Å². The van der Waals surface area contributed by atoms with E-state index in [0.717, 1.165) is 21.9 Å². The van der Waals surface area contributed by atoms with Crippen molar-refractivity contribution in [1.29, 1.82) is 0 Å². The van der Waals surface area contributed by atoms with Gasteiger partial charge in [0.05, 0.1) is 0 Å². The molecule has 4 heteroatoms. The summed E-state index contributed by atoms with van der Waals surface area (Å²) in [5.74, 6) is 0. The number of hydrogen-bond acceptors (Lipinski definition) is 2. The van der Waals surface area contributed by atoms with Gasteiger partial charge in [-0.1, -0.05) is 38.8 Å². The minimum atomic E-state index is 0.291. The van der Waals surface area contributed by atoms with E-state index >= 15 is 0 Å². The smallest absolute Gasteiger partial charge is 0.0372 e. The number of hydrogen-bond donors (Lipinski definition) is 1. The average Bonchev–Trinajstić information content (AvgIpc) is 2.42. The van der Waals surface area contributed by atoms with Crippen molar-refractivity contribution in [3.63, 3.8) is 0 Å². The predicted molar refractivity (Wildman–Crippen MR) is 86.2 cm³/mol. The Hall–Kier alpha value is -0.710. The number of benzene rings is 1. The highest BCUT2D eigenvalue weighted by molar-refractivity contribution is 9.11. The molecule has 0 spiro atoms. The molecule has 1 aromatic heterocycles. The normalized spacial score (nSPS) is 12.4. The number of likely N-dealkylation sites (N-methyl/N-ethyl adjacent to an activating group) is 1. The maximum absolute atomic E-state index is 4.07. The zero-order valence-electron chi connectivity index (χ0n) is 10.7. The van der Waals surface area contributed by atoms with E-state index in [9.17, 15) is 0 Å². The van der Waals surface area contributed by atoms with Crippen molar-refractivity contribution in [1.82, 2.24) is 10.3 Å². The molecule has 2 nitrogen and oxygen atoms in total. The van der Waals surface area contributed by atoms with Gasteiger partial charge >= 0.3 is 0 Å². The molecule has 100 valence electrons. The van der Waals surface area contributed by atoms with Gasteiger partial charge in [0, 0.05) is 27.4 Å². The molecular weight excluding hydrogens is 368 g/mol. The van der Waals surface area contributed by atoms with Gasteiger partial charge < -0.3 is 5.32 Å². The monoisotopic (exact) mass is 382 g/mol. The molecule has 1 unspecified atom stereocenters. The summed E-state index contributed by atoms with van der Waals surface area (Å²) >= 11 is 7.18. The Labute approximate surface area is 130 Å². The Bertz CT molecular complexity index is 529. The SMILES string of the molecule is CCNC(Cc1ccncc1)c1cc(Br)ccc1Br. The van der Waals surface area contributed by atoms with Crippen molar-refractivity contribution >= 4 is 31.9 Å². The summed E-state index contributed by atoms with van der Waals surface area (Å²) in [4.78, 5) is 4.07. The summed E-state index contributed by atoms with van der Waals surface area (Å²) < 4.78 is 2.24. The second-order valence-corrected chi connectivity index (χ2v) is 6.11. The molecule has 1 atom stereocenters. The Kier molecular flexibility index (Phi) is 5.55. The number of pyridine rings is 1. The molecule has 0 amide bonds. The summed E-state index contributed by atoms with van der Waals surface area (Å²) in [6.07, 6.45) is 4.63. The van der Waals surface area contributed by atoms with Crippen LogP contribution in [-0.2, 0) is 6.42 Å². The van der Waals surface area contributed by atoms with Crippen molar-refractivity contribution in [2.24, 2.45) is 0 Å². The molecule has 2 aromatic rings. The Morgan fingerprint density at radius 2 is 1.89 bits per heavy atom. The van der Waals surface area contributed by atoms with Crippen molar-refractivity contribution < 1.29 is 0 Å². The van der Waals surface area contributed by atoms with E-state index in [1.165, 1.54) is 11.1 Å². The standard InChI is InChI=1S/C15H16Br2N2/c1-2-19-15(9-11-5-7-18-8-6-11)13-10-12(16)3-4-14(13)17/h3-8,10,15,19H,2,9H2,1H3. The summed E-state index contributed by atoms with van der Waals surface area (Å²) in [5, 5.41) is 3.54. The molecule has 0 saturated heterocycles. The first-order valence-corrected chi connectivity index (χ1v) is 7.86.